The number of anilines is 1. The molecule has 1 saturated heterocycles. The number of piperazine rings is 1. The van der Waals surface area contributed by atoms with Crippen molar-refractivity contribution in [1.82, 2.24) is 4.90 Å². The van der Waals surface area contributed by atoms with Gasteiger partial charge in [0.05, 0.1) is 13.5 Å². The fourth-order valence-electron chi connectivity index (χ4n) is 3.01. The summed E-state index contributed by atoms with van der Waals surface area (Å²) in [6, 6.07) is 16.3. The van der Waals surface area contributed by atoms with E-state index in [0.29, 0.717) is 6.42 Å². The first-order valence-corrected chi connectivity index (χ1v) is 8.38. The predicted molar refractivity (Wildman–Crippen MR) is 96.7 cm³/mol. The molecular formula is C20H24N2O2. The highest BCUT2D eigenvalue weighted by Crippen LogP contribution is 2.22. The normalized spacial score (nSPS) is 14.6. The van der Waals surface area contributed by atoms with Crippen LogP contribution in [0.2, 0.25) is 0 Å². The number of benzene rings is 2. The summed E-state index contributed by atoms with van der Waals surface area (Å²) in [6.07, 6.45) is 0.486. The molecule has 2 aromatic carbocycles. The van der Waals surface area contributed by atoms with E-state index >= 15 is 0 Å². The Morgan fingerprint density at radius 2 is 1.75 bits per heavy atom. The molecule has 0 bridgehead atoms. The second-order valence-electron chi connectivity index (χ2n) is 6.23. The number of ether oxygens (including phenoxy) is 1. The standard InChI is InChI=1S/C20H24N2O2/c1-16-6-8-17(9-7-16)14-20(23)22-12-10-21(11-13-22)18-4-3-5-19(15-18)24-2/h3-9,15H,10-14H2,1-2H3. The van der Waals surface area contributed by atoms with Crippen molar-refractivity contribution >= 4 is 11.6 Å². The molecule has 2 aromatic rings. The average molecular weight is 324 g/mol. The minimum atomic E-state index is 0.212. The van der Waals surface area contributed by atoms with Crippen molar-refractivity contribution in [1.29, 1.82) is 0 Å². The van der Waals surface area contributed by atoms with E-state index in [1.165, 1.54) is 5.56 Å². The molecule has 0 spiro atoms. The molecule has 1 fully saturated rings. The largest absolute Gasteiger partial charge is 0.497 e. The zero-order valence-electron chi connectivity index (χ0n) is 14.4. The van der Waals surface area contributed by atoms with Crippen molar-refractivity contribution in [2.24, 2.45) is 0 Å². The van der Waals surface area contributed by atoms with E-state index in [1.807, 2.05) is 35.2 Å². The molecule has 1 aliphatic rings. The molecule has 0 saturated carbocycles. The number of methoxy groups -OCH3 is 1. The summed E-state index contributed by atoms with van der Waals surface area (Å²) in [4.78, 5) is 16.8. The van der Waals surface area contributed by atoms with E-state index < -0.39 is 0 Å². The lowest BCUT2D eigenvalue weighted by molar-refractivity contribution is -0.130. The third kappa shape index (κ3) is 3.88. The second kappa shape index (κ2) is 7.39. The first-order chi connectivity index (χ1) is 11.7. The molecular weight excluding hydrogens is 300 g/mol. The molecule has 0 unspecified atom stereocenters. The third-order valence-corrected chi connectivity index (χ3v) is 4.53. The van der Waals surface area contributed by atoms with E-state index in [2.05, 4.69) is 30.0 Å². The monoisotopic (exact) mass is 324 g/mol. The summed E-state index contributed by atoms with van der Waals surface area (Å²) in [5, 5.41) is 0. The number of hydrogen-bond donors (Lipinski definition) is 0. The number of hydrogen-bond acceptors (Lipinski definition) is 3. The van der Waals surface area contributed by atoms with Gasteiger partial charge in [-0.3, -0.25) is 4.79 Å². The number of carbonyl (C=O) groups is 1. The second-order valence-corrected chi connectivity index (χ2v) is 6.23. The highest BCUT2D eigenvalue weighted by atomic mass is 16.5. The Hall–Kier alpha value is -2.49. The van der Waals surface area contributed by atoms with Gasteiger partial charge >= 0.3 is 0 Å². The van der Waals surface area contributed by atoms with Crippen molar-refractivity contribution in [3.63, 3.8) is 0 Å². The number of amides is 1. The van der Waals surface area contributed by atoms with Crippen LogP contribution in [0, 0.1) is 6.92 Å². The van der Waals surface area contributed by atoms with Crippen molar-refractivity contribution in [2.75, 3.05) is 38.2 Å². The van der Waals surface area contributed by atoms with Gasteiger partial charge < -0.3 is 14.5 Å². The van der Waals surface area contributed by atoms with Crippen LogP contribution in [0.15, 0.2) is 48.5 Å². The third-order valence-electron chi connectivity index (χ3n) is 4.53. The van der Waals surface area contributed by atoms with Gasteiger partial charge in [0.25, 0.3) is 0 Å². The van der Waals surface area contributed by atoms with Gasteiger partial charge in [-0.2, -0.15) is 0 Å². The summed E-state index contributed by atoms with van der Waals surface area (Å²) in [5.74, 6) is 1.08. The summed E-state index contributed by atoms with van der Waals surface area (Å²) < 4.78 is 5.29. The molecule has 24 heavy (non-hydrogen) atoms. The number of rotatable bonds is 4. The number of carbonyl (C=O) groups excluding carboxylic acids is 1. The van der Waals surface area contributed by atoms with E-state index in [1.54, 1.807) is 7.11 Å². The fourth-order valence-corrected chi connectivity index (χ4v) is 3.01. The number of aryl methyl sites for hydroxylation is 1. The Morgan fingerprint density at radius 1 is 1.04 bits per heavy atom. The molecule has 0 radical (unpaired) electrons. The lowest BCUT2D eigenvalue weighted by Gasteiger charge is -2.36. The van der Waals surface area contributed by atoms with Gasteiger partial charge in [0, 0.05) is 37.9 Å². The minimum absolute atomic E-state index is 0.212. The first kappa shape index (κ1) is 16.4. The highest BCUT2D eigenvalue weighted by Gasteiger charge is 2.21. The Labute approximate surface area is 143 Å². The van der Waals surface area contributed by atoms with Crippen LogP contribution in [-0.4, -0.2) is 44.1 Å². The van der Waals surface area contributed by atoms with Gasteiger partial charge in [-0.15, -0.1) is 0 Å². The van der Waals surface area contributed by atoms with Crippen LogP contribution in [-0.2, 0) is 11.2 Å². The Kier molecular flexibility index (Phi) is 5.04. The molecule has 0 atom stereocenters. The zero-order chi connectivity index (χ0) is 16.9. The van der Waals surface area contributed by atoms with Gasteiger partial charge in [0.1, 0.15) is 5.75 Å². The quantitative estimate of drug-likeness (QED) is 0.867. The van der Waals surface area contributed by atoms with Crippen LogP contribution in [0.1, 0.15) is 11.1 Å². The maximum absolute atomic E-state index is 12.5. The smallest absolute Gasteiger partial charge is 0.227 e. The molecule has 1 amide bonds. The van der Waals surface area contributed by atoms with Crippen LogP contribution in [0.4, 0.5) is 5.69 Å². The molecule has 0 N–H and O–H groups in total. The lowest BCUT2D eigenvalue weighted by Crippen LogP contribution is -2.49. The van der Waals surface area contributed by atoms with Gasteiger partial charge in [-0.1, -0.05) is 35.9 Å². The topological polar surface area (TPSA) is 32.8 Å². The zero-order valence-corrected chi connectivity index (χ0v) is 14.4. The summed E-state index contributed by atoms with van der Waals surface area (Å²) in [7, 11) is 1.68. The van der Waals surface area contributed by atoms with Crippen LogP contribution >= 0.6 is 0 Å². The van der Waals surface area contributed by atoms with E-state index in [0.717, 1.165) is 43.2 Å². The molecule has 1 heterocycles. The minimum Gasteiger partial charge on any atom is -0.497 e. The number of nitrogens with zero attached hydrogens (tertiary/aromatic N) is 2. The van der Waals surface area contributed by atoms with E-state index in [9.17, 15) is 4.79 Å². The van der Waals surface area contributed by atoms with Gasteiger partial charge in [-0.25, -0.2) is 0 Å². The molecule has 0 aliphatic carbocycles. The highest BCUT2D eigenvalue weighted by molar-refractivity contribution is 5.79. The molecule has 126 valence electrons. The Bertz CT molecular complexity index is 689. The molecule has 3 rings (SSSR count). The SMILES string of the molecule is COc1cccc(N2CCN(C(=O)Cc3ccc(C)cc3)CC2)c1. The summed E-state index contributed by atoms with van der Waals surface area (Å²) >= 11 is 0. The molecule has 0 aromatic heterocycles. The van der Waals surface area contributed by atoms with E-state index in [-0.39, 0.29) is 5.91 Å². The van der Waals surface area contributed by atoms with Gasteiger partial charge in [-0.05, 0) is 24.6 Å². The average Bonchev–Trinajstić information content (AvgIpc) is 2.64. The first-order valence-electron chi connectivity index (χ1n) is 8.38. The Morgan fingerprint density at radius 3 is 2.42 bits per heavy atom. The van der Waals surface area contributed by atoms with Crippen molar-refractivity contribution in [2.45, 2.75) is 13.3 Å². The molecule has 1 aliphatic heterocycles. The predicted octanol–water partition coefficient (Wildman–Crippen LogP) is 2.89. The van der Waals surface area contributed by atoms with Gasteiger partial charge in [0.2, 0.25) is 5.91 Å². The van der Waals surface area contributed by atoms with Crippen LogP contribution in [0.5, 0.6) is 5.75 Å². The van der Waals surface area contributed by atoms with Crippen LogP contribution in [0.3, 0.4) is 0 Å². The van der Waals surface area contributed by atoms with Crippen molar-refractivity contribution < 1.29 is 9.53 Å². The summed E-state index contributed by atoms with van der Waals surface area (Å²) in [6.45, 7) is 5.30. The molecule has 4 nitrogen and oxygen atoms in total. The van der Waals surface area contributed by atoms with Gasteiger partial charge in [0.15, 0.2) is 0 Å². The van der Waals surface area contributed by atoms with Crippen molar-refractivity contribution in [3.05, 3.63) is 59.7 Å². The maximum atomic E-state index is 12.5. The lowest BCUT2D eigenvalue weighted by atomic mass is 10.1. The fraction of sp³-hybridized carbons (Fsp3) is 0.350. The van der Waals surface area contributed by atoms with Crippen LogP contribution in [0.25, 0.3) is 0 Å². The van der Waals surface area contributed by atoms with E-state index in [4.69, 9.17) is 4.74 Å². The summed E-state index contributed by atoms with van der Waals surface area (Å²) in [5.41, 5.74) is 3.46. The molecule has 4 heteroatoms. The maximum Gasteiger partial charge on any atom is 0.227 e. The van der Waals surface area contributed by atoms with Crippen molar-refractivity contribution in [3.8, 4) is 5.75 Å². The Balaban J connectivity index is 1.56. The van der Waals surface area contributed by atoms with Crippen LogP contribution < -0.4 is 9.64 Å².